The van der Waals surface area contributed by atoms with Crippen molar-refractivity contribution >= 4 is 27.4 Å². The smallest absolute Gasteiger partial charge is 0.183 e. The molecule has 1 N–H and O–H groups in total. The van der Waals surface area contributed by atoms with E-state index in [0.717, 1.165) is 33.0 Å². The highest BCUT2D eigenvalue weighted by molar-refractivity contribution is 7.14. The summed E-state index contributed by atoms with van der Waals surface area (Å²) in [7, 11) is 0. The van der Waals surface area contributed by atoms with Crippen molar-refractivity contribution in [2.75, 3.05) is 5.32 Å². The van der Waals surface area contributed by atoms with Gasteiger partial charge in [0, 0.05) is 28.1 Å². The van der Waals surface area contributed by atoms with E-state index in [1.54, 1.807) is 17.4 Å². The number of nitrogens with zero attached hydrogens (tertiary/aromatic N) is 2. The van der Waals surface area contributed by atoms with Crippen LogP contribution in [0.3, 0.4) is 0 Å². The van der Waals surface area contributed by atoms with Crippen LogP contribution in [0.2, 0.25) is 0 Å². The number of hydrogen-bond donors (Lipinski definition) is 1. The van der Waals surface area contributed by atoms with Gasteiger partial charge in [0.1, 0.15) is 5.82 Å². The van der Waals surface area contributed by atoms with Gasteiger partial charge >= 0.3 is 0 Å². The van der Waals surface area contributed by atoms with E-state index < -0.39 is 0 Å². The Morgan fingerprint density at radius 3 is 2.76 bits per heavy atom. The zero-order valence-corrected chi connectivity index (χ0v) is 13.0. The SMILES string of the molecule is Cc1cc(-c2csc(NC(C)C)n2)c2cc(F)ccc2n1. The third kappa shape index (κ3) is 2.88. The largest absolute Gasteiger partial charge is 0.359 e. The third-order valence-electron chi connectivity index (χ3n) is 3.09. The summed E-state index contributed by atoms with van der Waals surface area (Å²) in [5.41, 5.74) is 3.46. The molecule has 0 aliphatic rings. The first-order valence-electron chi connectivity index (χ1n) is 6.82. The van der Waals surface area contributed by atoms with E-state index in [1.165, 1.54) is 12.1 Å². The fourth-order valence-electron chi connectivity index (χ4n) is 2.25. The van der Waals surface area contributed by atoms with Gasteiger partial charge in [0.2, 0.25) is 0 Å². The van der Waals surface area contributed by atoms with E-state index in [9.17, 15) is 4.39 Å². The fraction of sp³-hybridized carbons (Fsp3) is 0.250. The Morgan fingerprint density at radius 2 is 2.00 bits per heavy atom. The summed E-state index contributed by atoms with van der Waals surface area (Å²) in [6, 6.07) is 6.95. The highest BCUT2D eigenvalue weighted by atomic mass is 32.1. The predicted molar refractivity (Wildman–Crippen MR) is 86.3 cm³/mol. The summed E-state index contributed by atoms with van der Waals surface area (Å²) >= 11 is 1.55. The number of fused-ring (bicyclic) bond motifs is 1. The maximum Gasteiger partial charge on any atom is 0.183 e. The molecule has 0 bridgehead atoms. The van der Waals surface area contributed by atoms with Crippen molar-refractivity contribution in [3.63, 3.8) is 0 Å². The second-order valence-corrected chi connectivity index (χ2v) is 6.17. The van der Waals surface area contributed by atoms with Crippen LogP contribution >= 0.6 is 11.3 Å². The average Bonchev–Trinajstić information content (AvgIpc) is 2.86. The van der Waals surface area contributed by atoms with Gasteiger partial charge in [-0.3, -0.25) is 4.98 Å². The van der Waals surface area contributed by atoms with Gasteiger partial charge in [0.25, 0.3) is 0 Å². The zero-order valence-electron chi connectivity index (χ0n) is 12.1. The zero-order chi connectivity index (χ0) is 15.0. The van der Waals surface area contributed by atoms with Gasteiger partial charge in [-0.2, -0.15) is 0 Å². The molecule has 5 heteroatoms. The lowest BCUT2D eigenvalue weighted by molar-refractivity contribution is 0.629. The molecule has 0 aliphatic carbocycles. The molecule has 3 aromatic rings. The number of aromatic nitrogens is 2. The van der Waals surface area contributed by atoms with Crippen molar-refractivity contribution in [3.05, 3.63) is 41.2 Å². The standard InChI is InChI=1S/C16H16FN3S/c1-9(2)18-16-20-15(8-21-16)12-6-10(3)19-14-5-4-11(17)7-13(12)14/h4-9H,1-3H3,(H,18,20). The van der Waals surface area contributed by atoms with Crippen LogP contribution in [0.15, 0.2) is 29.6 Å². The number of anilines is 1. The molecular formula is C16H16FN3S. The quantitative estimate of drug-likeness (QED) is 0.766. The number of hydrogen-bond acceptors (Lipinski definition) is 4. The second-order valence-electron chi connectivity index (χ2n) is 5.31. The van der Waals surface area contributed by atoms with Crippen molar-refractivity contribution in [3.8, 4) is 11.3 Å². The minimum atomic E-state index is -0.259. The van der Waals surface area contributed by atoms with Gasteiger partial charge in [0.05, 0.1) is 11.2 Å². The number of pyridine rings is 1. The maximum absolute atomic E-state index is 13.6. The molecule has 0 unspecified atom stereocenters. The summed E-state index contributed by atoms with van der Waals surface area (Å²) in [4.78, 5) is 9.05. The van der Waals surface area contributed by atoms with E-state index >= 15 is 0 Å². The predicted octanol–water partition coefficient (Wildman–Crippen LogP) is 4.63. The van der Waals surface area contributed by atoms with Crippen LogP contribution in [0, 0.1) is 12.7 Å². The lowest BCUT2D eigenvalue weighted by atomic mass is 10.1. The van der Waals surface area contributed by atoms with Crippen molar-refractivity contribution in [2.24, 2.45) is 0 Å². The number of rotatable bonds is 3. The molecule has 21 heavy (non-hydrogen) atoms. The Kier molecular flexibility index (Phi) is 3.59. The van der Waals surface area contributed by atoms with E-state index in [2.05, 4.69) is 29.1 Å². The monoisotopic (exact) mass is 301 g/mol. The molecule has 0 saturated heterocycles. The molecular weight excluding hydrogens is 285 g/mol. The Labute approximate surface area is 126 Å². The van der Waals surface area contributed by atoms with Crippen molar-refractivity contribution < 1.29 is 4.39 Å². The summed E-state index contributed by atoms with van der Waals surface area (Å²) in [6.07, 6.45) is 0. The Hall–Kier alpha value is -2.01. The van der Waals surface area contributed by atoms with E-state index in [0.29, 0.717) is 6.04 Å². The molecule has 0 amide bonds. The molecule has 2 heterocycles. The molecule has 0 aliphatic heterocycles. The molecule has 0 saturated carbocycles. The number of benzene rings is 1. The molecule has 1 aromatic carbocycles. The van der Waals surface area contributed by atoms with Gasteiger partial charge in [-0.1, -0.05) is 0 Å². The molecule has 108 valence electrons. The third-order valence-corrected chi connectivity index (χ3v) is 3.86. The fourth-order valence-corrected chi connectivity index (χ4v) is 3.11. The molecule has 0 atom stereocenters. The summed E-state index contributed by atoms with van der Waals surface area (Å²) < 4.78 is 13.6. The first-order valence-corrected chi connectivity index (χ1v) is 7.70. The highest BCUT2D eigenvalue weighted by Crippen LogP contribution is 2.31. The first-order chi connectivity index (χ1) is 10.0. The van der Waals surface area contributed by atoms with E-state index in [-0.39, 0.29) is 5.82 Å². The highest BCUT2D eigenvalue weighted by Gasteiger charge is 2.11. The van der Waals surface area contributed by atoms with E-state index in [4.69, 9.17) is 0 Å². The second kappa shape index (κ2) is 5.41. The summed E-state index contributed by atoms with van der Waals surface area (Å²) in [6.45, 7) is 6.08. The molecule has 0 fully saturated rings. The first kappa shape index (κ1) is 13.9. The van der Waals surface area contributed by atoms with Crippen molar-refractivity contribution in [2.45, 2.75) is 26.8 Å². The summed E-state index contributed by atoms with van der Waals surface area (Å²) in [5.74, 6) is -0.259. The van der Waals surface area contributed by atoms with Crippen molar-refractivity contribution in [1.82, 2.24) is 9.97 Å². The van der Waals surface area contributed by atoms with Crippen LogP contribution in [0.5, 0.6) is 0 Å². The molecule has 0 radical (unpaired) electrons. The van der Waals surface area contributed by atoms with Gasteiger partial charge in [-0.25, -0.2) is 9.37 Å². The van der Waals surface area contributed by atoms with Crippen LogP contribution in [-0.2, 0) is 0 Å². The number of halogens is 1. The number of aryl methyl sites for hydroxylation is 1. The molecule has 2 aromatic heterocycles. The van der Waals surface area contributed by atoms with Crippen molar-refractivity contribution in [1.29, 1.82) is 0 Å². The summed E-state index contributed by atoms with van der Waals surface area (Å²) in [5, 5.41) is 6.94. The topological polar surface area (TPSA) is 37.8 Å². The molecule has 0 spiro atoms. The van der Waals surface area contributed by atoms with E-state index in [1.807, 2.05) is 18.4 Å². The Bertz CT molecular complexity index is 795. The molecule has 3 nitrogen and oxygen atoms in total. The lowest BCUT2D eigenvalue weighted by Crippen LogP contribution is -2.09. The maximum atomic E-state index is 13.6. The lowest BCUT2D eigenvalue weighted by Gasteiger charge is -2.07. The van der Waals surface area contributed by atoms with Crippen LogP contribution in [-0.4, -0.2) is 16.0 Å². The average molecular weight is 301 g/mol. The minimum absolute atomic E-state index is 0.259. The Morgan fingerprint density at radius 1 is 1.19 bits per heavy atom. The normalized spacial score (nSPS) is 11.3. The van der Waals surface area contributed by atoms with Crippen LogP contribution < -0.4 is 5.32 Å². The number of thiazole rings is 1. The Balaban J connectivity index is 2.14. The van der Waals surface area contributed by atoms with Crippen LogP contribution in [0.25, 0.3) is 22.2 Å². The van der Waals surface area contributed by atoms with Gasteiger partial charge in [-0.15, -0.1) is 11.3 Å². The minimum Gasteiger partial charge on any atom is -0.359 e. The van der Waals surface area contributed by atoms with Crippen LogP contribution in [0.1, 0.15) is 19.5 Å². The molecule has 3 rings (SSSR count). The van der Waals surface area contributed by atoms with Crippen LogP contribution in [0.4, 0.5) is 9.52 Å². The van der Waals surface area contributed by atoms with Gasteiger partial charge < -0.3 is 5.32 Å². The van der Waals surface area contributed by atoms with Gasteiger partial charge in [0.15, 0.2) is 5.13 Å². The number of nitrogens with one attached hydrogen (secondary N) is 1. The van der Waals surface area contributed by atoms with Gasteiger partial charge in [-0.05, 0) is 45.0 Å².